The molecule has 0 radical (unpaired) electrons. The van der Waals surface area contributed by atoms with Crippen LogP contribution in [0.5, 0.6) is 0 Å². The van der Waals surface area contributed by atoms with Crippen LogP contribution in [0.4, 0.5) is 5.69 Å². The van der Waals surface area contributed by atoms with E-state index in [9.17, 15) is 0 Å². The van der Waals surface area contributed by atoms with Crippen LogP contribution >= 0.6 is 0 Å². The van der Waals surface area contributed by atoms with Crippen molar-refractivity contribution in [1.82, 2.24) is 5.32 Å². The van der Waals surface area contributed by atoms with Crippen LogP contribution in [-0.4, -0.2) is 18.8 Å². The third-order valence-corrected chi connectivity index (χ3v) is 3.27. The quantitative estimate of drug-likeness (QED) is 0.764. The summed E-state index contributed by atoms with van der Waals surface area (Å²) in [6, 6.07) is 6.19. The average Bonchev–Trinajstić information content (AvgIpc) is 2.68. The Balaban J connectivity index is 1.96. The SMILES string of the molecule is Cc1cc(CNC2(C)CCOC2)ccc1N. The number of nitrogen functional groups attached to an aromatic ring is 1. The van der Waals surface area contributed by atoms with Gasteiger partial charge >= 0.3 is 0 Å². The molecule has 0 bridgehead atoms. The van der Waals surface area contributed by atoms with E-state index in [2.05, 4.69) is 24.4 Å². The second-order valence-corrected chi connectivity index (χ2v) is 4.91. The second kappa shape index (κ2) is 4.44. The summed E-state index contributed by atoms with van der Waals surface area (Å²) in [6.07, 6.45) is 1.08. The third-order valence-electron chi connectivity index (χ3n) is 3.27. The Hall–Kier alpha value is -1.06. The van der Waals surface area contributed by atoms with Gasteiger partial charge in [-0.3, -0.25) is 0 Å². The lowest BCUT2D eigenvalue weighted by molar-refractivity contribution is 0.171. The molecule has 1 heterocycles. The summed E-state index contributed by atoms with van der Waals surface area (Å²) in [7, 11) is 0. The van der Waals surface area contributed by atoms with Gasteiger partial charge in [-0.05, 0) is 37.5 Å². The zero-order valence-electron chi connectivity index (χ0n) is 10.0. The van der Waals surface area contributed by atoms with Crippen molar-refractivity contribution in [1.29, 1.82) is 0 Å². The maximum atomic E-state index is 5.79. The Morgan fingerprint density at radius 3 is 2.94 bits per heavy atom. The summed E-state index contributed by atoms with van der Waals surface area (Å²) >= 11 is 0. The van der Waals surface area contributed by atoms with Crippen LogP contribution in [0.2, 0.25) is 0 Å². The van der Waals surface area contributed by atoms with Crippen LogP contribution in [0.1, 0.15) is 24.5 Å². The zero-order chi connectivity index (χ0) is 11.6. The molecule has 1 aromatic carbocycles. The first-order chi connectivity index (χ1) is 7.59. The molecule has 1 aliphatic heterocycles. The number of rotatable bonds is 3. The molecule has 88 valence electrons. The molecule has 0 aliphatic carbocycles. The molecule has 16 heavy (non-hydrogen) atoms. The minimum absolute atomic E-state index is 0.134. The van der Waals surface area contributed by atoms with Crippen molar-refractivity contribution in [3.05, 3.63) is 29.3 Å². The fourth-order valence-corrected chi connectivity index (χ4v) is 1.97. The number of aryl methyl sites for hydroxylation is 1. The third kappa shape index (κ3) is 2.54. The lowest BCUT2D eigenvalue weighted by Crippen LogP contribution is -2.42. The molecule has 2 rings (SSSR count). The van der Waals surface area contributed by atoms with Gasteiger partial charge in [-0.2, -0.15) is 0 Å². The van der Waals surface area contributed by atoms with Crippen LogP contribution in [0.3, 0.4) is 0 Å². The van der Waals surface area contributed by atoms with E-state index in [1.165, 1.54) is 5.56 Å². The number of ether oxygens (including phenoxy) is 1. The highest BCUT2D eigenvalue weighted by Crippen LogP contribution is 2.19. The molecular formula is C13H20N2O. The van der Waals surface area contributed by atoms with Crippen molar-refractivity contribution in [3.63, 3.8) is 0 Å². The monoisotopic (exact) mass is 220 g/mol. The summed E-state index contributed by atoms with van der Waals surface area (Å²) in [5.74, 6) is 0. The van der Waals surface area contributed by atoms with Crippen molar-refractivity contribution < 1.29 is 4.74 Å². The fraction of sp³-hybridized carbons (Fsp3) is 0.538. The van der Waals surface area contributed by atoms with E-state index in [-0.39, 0.29) is 5.54 Å². The summed E-state index contributed by atoms with van der Waals surface area (Å²) in [5.41, 5.74) is 9.21. The average molecular weight is 220 g/mol. The first kappa shape index (κ1) is 11.4. The van der Waals surface area contributed by atoms with E-state index in [1.54, 1.807) is 0 Å². The lowest BCUT2D eigenvalue weighted by atomic mass is 10.0. The number of nitrogens with one attached hydrogen (secondary N) is 1. The van der Waals surface area contributed by atoms with E-state index < -0.39 is 0 Å². The van der Waals surface area contributed by atoms with Gasteiger partial charge in [0.25, 0.3) is 0 Å². The number of anilines is 1. The maximum absolute atomic E-state index is 5.79. The van der Waals surface area contributed by atoms with Gasteiger partial charge in [0.1, 0.15) is 0 Å². The molecular weight excluding hydrogens is 200 g/mol. The lowest BCUT2D eigenvalue weighted by Gasteiger charge is -2.23. The van der Waals surface area contributed by atoms with Gasteiger partial charge < -0.3 is 15.8 Å². The summed E-state index contributed by atoms with van der Waals surface area (Å²) in [6.45, 7) is 6.80. The number of nitrogens with two attached hydrogens (primary N) is 1. The smallest absolute Gasteiger partial charge is 0.0646 e. The van der Waals surface area contributed by atoms with Crippen LogP contribution in [0.25, 0.3) is 0 Å². The predicted molar refractivity (Wildman–Crippen MR) is 66.3 cm³/mol. The molecule has 0 amide bonds. The molecule has 0 spiro atoms. The molecule has 1 atom stereocenters. The summed E-state index contributed by atoms with van der Waals surface area (Å²) in [4.78, 5) is 0. The molecule has 3 heteroatoms. The minimum Gasteiger partial charge on any atom is -0.399 e. The van der Waals surface area contributed by atoms with E-state index in [0.29, 0.717) is 0 Å². The Morgan fingerprint density at radius 2 is 2.31 bits per heavy atom. The summed E-state index contributed by atoms with van der Waals surface area (Å²) in [5, 5.41) is 3.56. The molecule has 3 N–H and O–H groups in total. The zero-order valence-corrected chi connectivity index (χ0v) is 10.0. The van der Waals surface area contributed by atoms with Gasteiger partial charge in [-0.25, -0.2) is 0 Å². The Morgan fingerprint density at radius 1 is 1.50 bits per heavy atom. The van der Waals surface area contributed by atoms with Gasteiger partial charge in [0.05, 0.1) is 6.61 Å². The fourth-order valence-electron chi connectivity index (χ4n) is 1.97. The molecule has 1 saturated heterocycles. The second-order valence-electron chi connectivity index (χ2n) is 4.91. The molecule has 1 unspecified atom stereocenters. The topological polar surface area (TPSA) is 47.3 Å². The minimum atomic E-state index is 0.134. The van der Waals surface area contributed by atoms with Crippen molar-refractivity contribution in [2.75, 3.05) is 18.9 Å². The van der Waals surface area contributed by atoms with E-state index in [1.807, 2.05) is 13.0 Å². The van der Waals surface area contributed by atoms with Crippen molar-refractivity contribution in [2.24, 2.45) is 0 Å². The largest absolute Gasteiger partial charge is 0.399 e. The van der Waals surface area contributed by atoms with Gasteiger partial charge in [0, 0.05) is 24.4 Å². The van der Waals surface area contributed by atoms with E-state index in [0.717, 1.165) is 37.4 Å². The van der Waals surface area contributed by atoms with Crippen molar-refractivity contribution in [2.45, 2.75) is 32.4 Å². The van der Waals surface area contributed by atoms with Crippen molar-refractivity contribution >= 4 is 5.69 Å². The van der Waals surface area contributed by atoms with Gasteiger partial charge in [-0.15, -0.1) is 0 Å². The molecule has 1 aromatic rings. The predicted octanol–water partition coefficient (Wildman–Crippen LogP) is 1.85. The molecule has 3 nitrogen and oxygen atoms in total. The Labute approximate surface area is 97.0 Å². The number of hydrogen-bond donors (Lipinski definition) is 2. The first-order valence-electron chi connectivity index (χ1n) is 5.77. The molecule has 0 aromatic heterocycles. The standard InChI is InChI=1S/C13H20N2O/c1-10-7-11(3-4-12(10)14)8-15-13(2)5-6-16-9-13/h3-4,7,15H,5-6,8-9,14H2,1-2H3. The van der Waals surface area contributed by atoms with E-state index in [4.69, 9.17) is 10.5 Å². The Bertz CT molecular complexity index is 370. The van der Waals surface area contributed by atoms with E-state index >= 15 is 0 Å². The summed E-state index contributed by atoms with van der Waals surface area (Å²) < 4.78 is 5.41. The van der Waals surface area contributed by atoms with Crippen molar-refractivity contribution in [3.8, 4) is 0 Å². The van der Waals surface area contributed by atoms with Crippen LogP contribution in [0, 0.1) is 6.92 Å². The first-order valence-corrected chi connectivity index (χ1v) is 5.77. The van der Waals surface area contributed by atoms with Crippen LogP contribution in [0.15, 0.2) is 18.2 Å². The maximum Gasteiger partial charge on any atom is 0.0646 e. The van der Waals surface area contributed by atoms with Crippen LogP contribution in [-0.2, 0) is 11.3 Å². The van der Waals surface area contributed by atoms with Gasteiger partial charge in [0.2, 0.25) is 0 Å². The number of benzene rings is 1. The Kier molecular flexibility index (Phi) is 3.17. The normalized spacial score (nSPS) is 24.9. The molecule has 1 fully saturated rings. The number of hydrogen-bond acceptors (Lipinski definition) is 3. The highest BCUT2D eigenvalue weighted by atomic mass is 16.5. The highest BCUT2D eigenvalue weighted by molar-refractivity contribution is 5.47. The van der Waals surface area contributed by atoms with Crippen LogP contribution < -0.4 is 11.1 Å². The molecule has 0 saturated carbocycles. The van der Waals surface area contributed by atoms with Gasteiger partial charge in [0.15, 0.2) is 0 Å². The highest BCUT2D eigenvalue weighted by Gasteiger charge is 2.28. The molecule has 1 aliphatic rings. The van der Waals surface area contributed by atoms with Gasteiger partial charge in [-0.1, -0.05) is 12.1 Å².